The fourth-order valence-electron chi connectivity index (χ4n) is 1.94. The van der Waals surface area contributed by atoms with Gasteiger partial charge in [0.15, 0.2) is 6.29 Å². The first-order valence-electron chi connectivity index (χ1n) is 5.68. The lowest BCUT2D eigenvalue weighted by molar-refractivity contribution is -0.000904. The van der Waals surface area contributed by atoms with Gasteiger partial charge in [-0.3, -0.25) is 4.98 Å². The number of benzene rings is 1. The van der Waals surface area contributed by atoms with Gasteiger partial charge in [0.25, 0.3) is 0 Å². The van der Waals surface area contributed by atoms with Crippen LogP contribution >= 0.6 is 0 Å². The monoisotopic (exact) mass is 227 g/mol. The van der Waals surface area contributed by atoms with E-state index in [0.717, 1.165) is 10.9 Å². The SMILES string of the molecule is C(=CC1OCCO1)c1cncc2ccccc12. The Kier molecular flexibility index (Phi) is 2.86. The third-order valence-electron chi connectivity index (χ3n) is 2.78. The Bertz CT molecular complexity index is 539. The molecule has 1 aliphatic heterocycles. The molecule has 0 aliphatic carbocycles. The summed E-state index contributed by atoms with van der Waals surface area (Å²) in [6.07, 6.45) is 7.44. The number of hydrogen-bond donors (Lipinski definition) is 0. The van der Waals surface area contributed by atoms with Crippen molar-refractivity contribution in [1.29, 1.82) is 0 Å². The summed E-state index contributed by atoms with van der Waals surface area (Å²) in [6, 6.07) is 8.19. The highest BCUT2D eigenvalue weighted by Gasteiger charge is 2.11. The predicted octanol–water partition coefficient (Wildman–Crippen LogP) is 2.62. The molecule has 0 N–H and O–H groups in total. The maximum Gasteiger partial charge on any atom is 0.177 e. The van der Waals surface area contributed by atoms with E-state index in [1.165, 1.54) is 5.39 Å². The van der Waals surface area contributed by atoms with Crippen molar-refractivity contribution in [2.45, 2.75) is 6.29 Å². The van der Waals surface area contributed by atoms with E-state index >= 15 is 0 Å². The molecule has 17 heavy (non-hydrogen) atoms. The van der Waals surface area contributed by atoms with Crippen LogP contribution in [0.5, 0.6) is 0 Å². The minimum atomic E-state index is -0.214. The molecule has 3 heteroatoms. The lowest BCUT2D eigenvalue weighted by atomic mass is 10.1. The van der Waals surface area contributed by atoms with Crippen molar-refractivity contribution in [3.05, 3.63) is 48.3 Å². The minimum Gasteiger partial charge on any atom is -0.347 e. The summed E-state index contributed by atoms with van der Waals surface area (Å²) in [5, 5.41) is 2.33. The lowest BCUT2D eigenvalue weighted by Gasteiger charge is -2.03. The summed E-state index contributed by atoms with van der Waals surface area (Å²) in [5.41, 5.74) is 1.09. The number of pyridine rings is 1. The standard InChI is InChI=1S/C14H13NO2/c1-2-4-13-11(3-1)9-15-10-12(13)5-6-14-16-7-8-17-14/h1-6,9-10,14H,7-8H2. The van der Waals surface area contributed by atoms with Crippen LogP contribution < -0.4 is 0 Å². The number of ether oxygens (including phenoxy) is 2. The molecule has 1 aromatic heterocycles. The van der Waals surface area contributed by atoms with Crippen LogP contribution in [-0.4, -0.2) is 24.5 Å². The zero-order valence-corrected chi connectivity index (χ0v) is 9.37. The molecule has 1 saturated heterocycles. The average Bonchev–Trinajstić information content (AvgIpc) is 2.89. The van der Waals surface area contributed by atoms with E-state index in [9.17, 15) is 0 Å². The van der Waals surface area contributed by atoms with Crippen molar-refractivity contribution in [2.75, 3.05) is 13.2 Å². The molecule has 1 aliphatic rings. The summed E-state index contributed by atoms with van der Waals surface area (Å²) in [7, 11) is 0. The molecular weight excluding hydrogens is 214 g/mol. The number of nitrogens with zero attached hydrogens (tertiary/aromatic N) is 1. The van der Waals surface area contributed by atoms with Crippen molar-refractivity contribution in [3.63, 3.8) is 0 Å². The van der Waals surface area contributed by atoms with Gasteiger partial charge in [-0.1, -0.05) is 30.3 Å². The van der Waals surface area contributed by atoms with E-state index in [1.54, 1.807) is 0 Å². The summed E-state index contributed by atoms with van der Waals surface area (Å²) < 4.78 is 10.7. The second-order valence-corrected chi connectivity index (χ2v) is 3.92. The molecule has 3 nitrogen and oxygen atoms in total. The number of hydrogen-bond acceptors (Lipinski definition) is 3. The van der Waals surface area contributed by atoms with Gasteiger partial charge in [-0.15, -0.1) is 0 Å². The Morgan fingerprint density at radius 2 is 1.94 bits per heavy atom. The summed E-state index contributed by atoms with van der Waals surface area (Å²) >= 11 is 0. The minimum absolute atomic E-state index is 0.214. The molecule has 86 valence electrons. The van der Waals surface area contributed by atoms with Gasteiger partial charge in [0, 0.05) is 23.3 Å². The highest BCUT2D eigenvalue weighted by atomic mass is 16.7. The highest BCUT2D eigenvalue weighted by molar-refractivity contribution is 5.89. The van der Waals surface area contributed by atoms with Crippen LogP contribution in [0.4, 0.5) is 0 Å². The van der Waals surface area contributed by atoms with Gasteiger partial charge in [0.1, 0.15) is 0 Å². The average molecular weight is 227 g/mol. The van der Waals surface area contributed by atoms with Gasteiger partial charge in [0.2, 0.25) is 0 Å². The maximum absolute atomic E-state index is 5.36. The zero-order valence-electron chi connectivity index (χ0n) is 9.37. The van der Waals surface area contributed by atoms with Crippen LogP contribution in [0.3, 0.4) is 0 Å². The predicted molar refractivity (Wildman–Crippen MR) is 66.5 cm³/mol. The third-order valence-corrected chi connectivity index (χ3v) is 2.78. The molecule has 0 radical (unpaired) electrons. The topological polar surface area (TPSA) is 31.4 Å². The van der Waals surface area contributed by atoms with Crippen LogP contribution in [0.1, 0.15) is 5.56 Å². The van der Waals surface area contributed by atoms with Crippen LogP contribution in [-0.2, 0) is 9.47 Å². The van der Waals surface area contributed by atoms with Gasteiger partial charge >= 0.3 is 0 Å². The maximum atomic E-state index is 5.36. The van der Waals surface area contributed by atoms with E-state index in [1.807, 2.05) is 36.7 Å². The molecule has 0 saturated carbocycles. The Morgan fingerprint density at radius 3 is 2.82 bits per heavy atom. The first kappa shape index (κ1) is 10.4. The second kappa shape index (κ2) is 4.65. The fraction of sp³-hybridized carbons (Fsp3) is 0.214. The molecule has 2 heterocycles. The molecule has 0 atom stereocenters. The van der Waals surface area contributed by atoms with E-state index in [0.29, 0.717) is 13.2 Å². The smallest absolute Gasteiger partial charge is 0.177 e. The Balaban J connectivity index is 1.94. The van der Waals surface area contributed by atoms with Gasteiger partial charge in [0.05, 0.1) is 13.2 Å². The highest BCUT2D eigenvalue weighted by Crippen LogP contribution is 2.19. The van der Waals surface area contributed by atoms with E-state index in [2.05, 4.69) is 17.1 Å². The first-order chi connectivity index (χ1) is 8.43. The van der Waals surface area contributed by atoms with Gasteiger partial charge in [-0.25, -0.2) is 0 Å². The lowest BCUT2D eigenvalue weighted by Crippen LogP contribution is -2.01. The van der Waals surface area contributed by atoms with E-state index < -0.39 is 0 Å². The first-order valence-corrected chi connectivity index (χ1v) is 5.68. The second-order valence-electron chi connectivity index (χ2n) is 3.92. The molecule has 0 unspecified atom stereocenters. The van der Waals surface area contributed by atoms with Crippen LogP contribution in [0.15, 0.2) is 42.7 Å². The molecular formula is C14H13NO2. The number of fused-ring (bicyclic) bond motifs is 1. The van der Waals surface area contributed by atoms with E-state index in [4.69, 9.17) is 9.47 Å². The third kappa shape index (κ3) is 2.20. The summed E-state index contributed by atoms with van der Waals surface area (Å²) in [6.45, 7) is 1.34. The number of aromatic nitrogens is 1. The van der Waals surface area contributed by atoms with Crippen molar-refractivity contribution in [3.8, 4) is 0 Å². The molecule has 3 rings (SSSR count). The molecule has 2 aromatic rings. The molecule has 0 bridgehead atoms. The molecule has 1 fully saturated rings. The van der Waals surface area contributed by atoms with Crippen molar-refractivity contribution in [2.24, 2.45) is 0 Å². The van der Waals surface area contributed by atoms with Crippen molar-refractivity contribution in [1.82, 2.24) is 4.98 Å². The van der Waals surface area contributed by atoms with Crippen LogP contribution in [0.2, 0.25) is 0 Å². The normalized spacial score (nSPS) is 17.2. The zero-order chi connectivity index (χ0) is 11.5. The largest absolute Gasteiger partial charge is 0.347 e. The van der Waals surface area contributed by atoms with Crippen LogP contribution in [0, 0.1) is 0 Å². The Labute approximate surface area is 99.7 Å². The number of rotatable bonds is 2. The van der Waals surface area contributed by atoms with Gasteiger partial charge in [-0.2, -0.15) is 0 Å². The quantitative estimate of drug-likeness (QED) is 0.790. The Hall–Kier alpha value is -1.71. The van der Waals surface area contributed by atoms with Crippen molar-refractivity contribution >= 4 is 16.8 Å². The van der Waals surface area contributed by atoms with Gasteiger partial charge < -0.3 is 9.47 Å². The van der Waals surface area contributed by atoms with Gasteiger partial charge in [-0.05, 0) is 11.5 Å². The van der Waals surface area contributed by atoms with E-state index in [-0.39, 0.29) is 6.29 Å². The fourth-order valence-corrected chi connectivity index (χ4v) is 1.94. The molecule has 1 aromatic carbocycles. The van der Waals surface area contributed by atoms with Crippen molar-refractivity contribution < 1.29 is 9.47 Å². The summed E-state index contributed by atoms with van der Waals surface area (Å²) in [5.74, 6) is 0. The molecule has 0 spiro atoms. The Morgan fingerprint density at radius 1 is 1.12 bits per heavy atom. The van der Waals surface area contributed by atoms with Crippen LogP contribution in [0.25, 0.3) is 16.8 Å². The summed E-state index contributed by atoms with van der Waals surface area (Å²) in [4.78, 5) is 4.23. The molecule has 0 amide bonds.